The standard InChI is InChI=1S/C26H27N3O7S/c1-35-19-7-9-23(36-2)24(12-19)37(33,34)27-20-11-17(26(31)32)6-8-22(20)28-13-16-10-18(15-28)21-4-3-5-25(30)29(21)14-16/h3-9,11-12,16,18,27H,10,13-15H2,1-2H3,(H,31,32)/p-1. The van der Waals surface area contributed by atoms with Crippen LogP contribution in [0.1, 0.15) is 28.4 Å². The van der Waals surface area contributed by atoms with Gasteiger partial charge < -0.3 is 28.8 Å². The first kappa shape index (κ1) is 24.7. The van der Waals surface area contributed by atoms with Gasteiger partial charge in [-0.15, -0.1) is 0 Å². The molecule has 1 aromatic heterocycles. The number of ether oxygens (including phenoxy) is 2. The molecule has 10 nitrogen and oxygen atoms in total. The van der Waals surface area contributed by atoms with Crippen molar-refractivity contribution < 1.29 is 27.8 Å². The number of aromatic carboxylic acids is 1. The van der Waals surface area contributed by atoms with Crippen molar-refractivity contribution in [1.82, 2.24) is 4.57 Å². The number of anilines is 2. The Morgan fingerprint density at radius 1 is 1.03 bits per heavy atom. The molecule has 1 fully saturated rings. The Morgan fingerprint density at radius 2 is 1.84 bits per heavy atom. The van der Waals surface area contributed by atoms with Gasteiger partial charge in [0.2, 0.25) is 0 Å². The van der Waals surface area contributed by atoms with Gasteiger partial charge in [-0.1, -0.05) is 12.1 Å². The number of hydrogen-bond donors (Lipinski definition) is 1. The Kier molecular flexibility index (Phi) is 6.32. The number of nitrogens with one attached hydrogen (secondary N) is 1. The van der Waals surface area contributed by atoms with E-state index in [1.54, 1.807) is 24.3 Å². The summed E-state index contributed by atoms with van der Waals surface area (Å²) in [6, 6.07) is 13.9. The van der Waals surface area contributed by atoms with Gasteiger partial charge in [0.1, 0.15) is 16.4 Å². The second kappa shape index (κ2) is 9.47. The van der Waals surface area contributed by atoms with E-state index in [2.05, 4.69) is 4.72 Å². The number of hydrogen-bond acceptors (Lipinski definition) is 8. The SMILES string of the molecule is COc1ccc(OC)c(S(=O)(=O)Nc2cc(C(=O)[O-])ccc2N2CC3CC(C2)c2cccc(=O)n2C3)c1. The van der Waals surface area contributed by atoms with Gasteiger partial charge in [-0.05, 0) is 48.2 Å². The average Bonchev–Trinajstić information content (AvgIpc) is 2.88. The van der Waals surface area contributed by atoms with E-state index in [-0.39, 0.29) is 39.3 Å². The largest absolute Gasteiger partial charge is 0.545 e. The van der Waals surface area contributed by atoms with Crippen molar-refractivity contribution in [2.24, 2.45) is 5.92 Å². The molecule has 1 saturated heterocycles. The predicted molar refractivity (Wildman–Crippen MR) is 135 cm³/mol. The lowest BCUT2D eigenvalue weighted by molar-refractivity contribution is -0.255. The first-order valence-electron chi connectivity index (χ1n) is 11.7. The Bertz CT molecular complexity index is 1530. The lowest BCUT2D eigenvalue weighted by Crippen LogP contribution is -2.47. The number of benzene rings is 2. The van der Waals surface area contributed by atoms with Crippen molar-refractivity contribution >= 4 is 27.4 Å². The Balaban J connectivity index is 1.54. The summed E-state index contributed by atoms with van der Waals surface area (Å²) in [5.74, 6) is -0.738. The molecule has 2 bridgehead atoms. The molecular formula is C26H26N3O7S-. The summed E-state index contributed by atoms with van der Waals surface area (Å²) in [6.07, 6.45) is 0.916. The Hall–Kier alpha value is -3.99. The van der Waals surface area contributed by atoms with Crippen LogP contribution in [0, 0.1) is 5.92 Å². The van der Waals surface area contributed by atoms with Crippen LogP contribution in [0.3, 0.4) is 0 Å². The van der Waals surface area contributed by atoms with Crippen LogP contribution in [0.15, 0.2) is 64.3 Å². The van der Waals surface area contributed by atoms with Gasteiger partial charge in [0, 0.05) is 43.4 Å². The normalized spacial score (nSPS) is 18.6. The summed E-state index contributed by atoms with van der Waals surface area (Å²) in [6.45, 7) is 1.70. The van der Waals surface area contributed by atoms with E-state index in [1.807, 2.05) is 15.5 Å². The highest BCUT2D eigenvalue weighted by molar-refractivity contribution is 7.92. The molecule has 1 N–H and O–H groups in total. The van der Waals surface area contributed by atoms with E-state index >= 15 is 0 Å². The zero-order valence-corrected chi connectivity index (χ0v) is 21.2. The van der Waals surface area contributed by atoms with Crippen LogP contribution in [0.4, 0.5) is 11.4 Å². The number of fused-ring (bicyclic) bond motifs is 4. The summed E-state index contributed by atoms with van der Waals surface area (Å²) in [5.41, 5.74) is 1.41. The number of aromatic nitrogens is 1. The Labute approximate surface area is 214 Å². The first-order chi connectivity index (χ1) is 17.7. The highest BCUT2D eigenvalue weighted by atomic mass is 32.2. The molecular weight excluding hydrogens is 498 g/mol. The molecule has 0 aliphatic carbocycles. The summed E-state index contributed by atoms with van der Waals surface area (Å²) in [4.78, 5) is 25.9. The molecule has 37 heavy (non-hydrogen) atoms. The van der Waals surface area contributed by atoms with E-state index < -0.39 is 16.0 Å². The van der Waals surface area contributed by atoms with Crippen LogP contribution in [-0.4, -0.2) is 46.3 Å². The van der Waals surface area contributed by atoms with Crippen LogP contribution in [0.2, 0.25) is 0 Å². The predicted octanol–water partition coefficient (Wildman–Crippen LogP) is 1.65. The average molecular weight is 525 g/mol. The van der Waals surface area contributed by atoms with Crippen LogP contribution in [0.5, 0.6) is 11.5 Å². The highest BCUT2D eigenvalue weighted by Crippen LogP contribution is 2.40. The third-order valence-electron chi connectivity index (χ3n) is 6.96. The fraction of sp³-hybridized carbons (Fsp3) is 0.308. The van der Waals surface area contributed by atoms with Crippen LogP contribution >= 0.6 is 0 Å². The lowest BCUT2D eigenvalue weighted by Gasteiger charge is -2.44. The molecule has 2 aliphatic heterocycles. The van der Waals surface area contributed by atoms with E-state index in [0.717, 1.165) is 12.1 Å². The number of rotatable bonds is 7. The van der Waals surface area contributed by atoms with Gasteiger partial charge in [-0.2, -0.15) is 0 Å². The van der Waals surface area contributed by atoms with Crippen molar-refractivity contribution in [2.75, 3.05) is 36.9 Å². The summed E-state index contributed by atoms with van der Waals surface area (Å²) in [7, 11) is -1.42. The quantitative estimate of drug-likeness (QED) is 0.494. The minimum absolute atomic E-state index is 0.0281. The molecule has 2 unspecified atom stereocenters. The maximum atomic E-state index is 13.5. The molecule has 3 heterocycles. The number of carbonyl (C=O) groups is 1. The van der Waals surface area contributed by atoms with E-state index in [4.69, 9.17) is 9.47 Å². The minimum atomic E-state index is -4.21. The third-order valence-corrected chi connectivity index (χ3v) is 8.34. The van der Waals surface area contributed by atoms with Gasteiger partial charge in [0.15, 0.2) is 0 Å². The molecule has 0 spiro atoms. The molecule has 2 atom stereocenters. The number of carbonyl (C=O) groups excluding carboxylic acids is 1. The maximum Gasteiger partial charge on any atom is 0.265 e. The molecule has 0 radical (unpaired) electrons. The second-order valence-corrected chi connectivity index (χ2v) is 10.9. The Morgan fingerprint density at radius 3 is 2.57 bits per heavy atom. The number of carboxylic acids is 1. The van der Waals surface area contributed by atoms with Crippen LogP contribution in [0.25, 0.3) is 0 Å². The third kappa shape index (κ3) is 4.62. The fourth-order valence-corrected chi connectivity index (χ4v) is 6.56. The zero-order valence-electron chi connectivity index (χ0n) is 20.3. The number of carboxylic acid groups (broad SMARTS) is 1. The molecule has 5 rings (SSSR count). The minimum Gasteiger partial charge on any atom is -0.545 e. The van der Waals surface area contributed by atoms with Crippen molar-refractivity contribution in [3.05, 3.63) is 76.2 Å². The molecule has 3 aromatic rings. The number of methoxy groups -OCH3 is 2. The maximum absolute atomic E-state index is 13.5. The van der Waals surface area contributed by atoms with Gasteiger partial charge >= 0.3 is 0 Å². The summed E-state index contributed by atoms with van der Waals surface area (Å²) < 4.78 is 41.8. The molecule has 2 aromatic carbocycles. The van der Waals surface area contributed by atoms with Gasteiger partial charge in [0.05, 0.1) is 31.6 Å². The monoisotopic (exact) mass is 524 g/mol. The summed E-state index contributed by atoms with van der Waals surface area (Å²) in [5, 5.41) is 11.6. The number of piperidine rings is 1. The van der Waals surface area contributed by atoms with Crippen molar-refractivity contribution in [3.8, 4) is 11.5 Å². The molecule has 2 aliphatic rings. The second-order valence-electron chi connectivity index (χ2n) is 9.24. The summed E-state index contributed by atoms with van der Waals surface area (Å²) >= 11 is 0. The van der Waals surface area contributed by atoms with Crippen LogP contribution in [-0.2, 0) is 16.6 Å². The molecule has 194 valence electrons. The number of sulfonamides is 1. The molecule has 0 amide bonds. The van der Waals surface area contributed by atoms with E-state index in [1.165, 1.54) is 38.5 Å². The smallest absolute Gasteiger partial charge is 0.265 e. The first-order valence-corrected chi connectivity index (χ1v) is 13.2. The fourth-order valence-electron chi connectivity index (χ4n) is 5.31. The lowest BCUT2D eigenvalue weighted by atomic mass is 9.83. The van der Waals surface area contributed by atoms with Crippen molar-refractivity contribution in [3.63, 3.8) is 0 Å². The topological polar surface area (TPSA) is 130 Å². The highest BCUT2D eigenvalue weighted by Gasteiger charge is 2.35. The van der Waals surface area contributed by atoms with Crippen LogP contribution < -0.4 is 29.8 Å². The van der Waals surface area contributed by atoms with E-state index in [9.17, 15) is 23.1 Å². The van der Waals surface area contributed by atoms with Gasteiger partial charge in [-0.3, -0.25) is 9.52 Å². The molecule has 11 heteroatoms. The van der Waals surface area contributed by atoms with Crippen molar-refractivity contribution in [1.29, 1.82) is 0 Å². The van der Waals surface area contributed by atoms with Crippen molar-refractivity contribution in [2.45, 2.75) is 23.8 Å². The number of nitrogens with zero attached hydrogens (tertiary/aromatic N) is 2. The van der Waals surface area contributed by atoms with Gasteiger partial charge in [0.25, 0.3) is 15.6 Å². The molecule has 0 saturated carbocycles. The van der Waals surface area contributed by atoms with Gasteiger partial charge in [-0.25, -0.2) is 8.42 Å². The van der Waals surface area contributed by atoms with E-state index in [0.29, 0.717) is 31.1 Å². The zero-order chi connectivity index (χ0) is 26.3. The number of pyridine rings is 1.